The second-order valence-corrected chi connectivity index (χ2v) is 5.56. The van der Waals surface area contributed by atoms with Crippen molar-refractivity contribution in [3.63, 3.8) is 0 Å². The van der Waals surface area contributed by atoms with Crippen LogP contribution in [0.3, 0.4) is 0 Å². The Morgan fingerprint density at radius 3 is 2.48 bits per heavy atom. The monoisotopic (exact) mass is 373 g/mol. The van der Waals surface area contributed by atoms with Gasteiger partial charge >= 0.3 is 5.97 Å². The lowest BCUT2D eigenvalue weighted by atomic mass is 10.1. The molecule has 3 rings (SSSR count). The maximum Gasteiger partial charge on any atom is 0.338 e. The lowest BCUT2D eigenvalue weighted by Crippen LogP contribution is -2.21. The van der Waals surface area contributed by atoms with Crippen LogP contribution < -0.4 is 24.3 Å². The van der Waals surface area contributed by atoms with Gasteiger partial charge in [-0.05, 0) is 36.4 Å². The molecule has 8 heteroatoms. The number of hydrogen-bond acceptors (Lipinski definition) is 7. The molecule has 0 saturated carbocycles. The maximum absolute atomic E-state index is 12.3. The van der Waals surface area contributed by atoms with E-state index in [4.69, 9.17) is 23.7 Å². The number of carbonyl (C=O) groups excluding carboxylic acids is 2. The van der Waals surface area contributed by atoms with Gasteiger partial charge in [-0.15, -0.1) is 0 Å². The van der Waals surface area contributed by atoms with Gasteiger partial charge in [-0.1, -0.05) is 0 Å². The highest BCUT2D eigenvalue weighted by atomic mass is 16.6. The molecule has 0 radical (unpaired) electrons. The number of benzene rings is 2. The molecule has 1 aliphatic rings. The second kappa shape index (κ2) is 8.31. The topological polar surface area (TPSA) is 92.3 Å². The van der Waals surface area contributed by atoms with Gasteiger partial charge in [-0.2, -0.15) is 0 Å². The van der Waals surface area contributed by atoms with Crippen molar-refractivity contribution in [2.75, 3.05) is 39.4 Å². The Balaban J connectivity index is 1.60. The lowest BCUT2D eigenvalue weighted by molar-refractivity contribution is -0.119. The standard InChI is InChI=1S/C19H19NO7/c1-23-14-5-3-13(4-6-14)20-17(21)11-27-19(22)12-9-15(24-2)18-16(10-12)25-7-8-26-18/h3-6,9-10H,7-8,11H2,1-2H3,(H,20,21). The molecule has 8 nitrogen and oxygen atoms in total. The molecule has 1 heterocycles. The van der Waals surface area contributed by atoms with Crippen LogP contribution in [0.2, 0.25) is 0 Å². The van der Waals surface area contributed by atoms with Crippen molar-refractivity contribution >= 4 is 17.6 Å². The number of methoxy groups -OCH3 is 2. The van der Waals surface area contributed by atoms with Crippen LogP contribution in [0.4, 0.5) is 5.69 Å². The molecule has 0 bridgehead atoms. The molecule has 2 aromatic rings. The zero-order valence-electron chi connectivity index (χ0n) is 14.9. The normalized spacial score (nSPS) is 12.1. The van der Waals surface area contributed by atoms with Gasteiger partial charge in [0.05, 0.1) is 19.8 Å². The summed E-state index contributed by atoms with van der Waals surface area (Å²) in [6.07, 6.45) is 0. The first-order chi connectivity index (χ1) is 13.1. The van der Waals surface area contributed by atoms with Crippen LogP contribution in [0.5, 0.6) is 23.0 Å². The lowest BCUT2D eigenvalue weighted by Gasteiger charge is -2.21. The Morgan fingerprint density at radius 2 is 1.78 bits per heavy atom. The maximum atomic E-state index is 12.3. The molecule has 0 aromatic heterocycles. The quantitative estimate of drug-likeness (QED) is 0.777. The first-order valence-electron chi connectivity index (χ1n) is 8.19. The van der Waals surface area contributed by atoms with Crippen molar-refractivity contribution in [3.05, 3.63) is 42.0 Å². The SMILES string of the molecule is COc1ccc(NC(=O)COC(=O)c2cc(OC)c3c(c2)OCCO3)cc1. The molecule has 27 heavy (non-hydrogen) atoms. The van der Waals surface area contributed by atoms with Gasteiger partial charge in [-0.25, -0.2) is 4.79 Å². The Bertz CT molecular complexity index is 815. The van der Waals surface area contributed by atoms with E-state index in [0.29, 0.717) is 41.9 Å². The number of ether oxygens (including phenoxy) is 5. The van der Waals surface area contributed by atoms with E-state index in [1.165, 1.54) is 19.2 Å². The average Bonchev–Trinajstić information content (AvgIpc) is 2.71. The number of carbonyl (C=O) groups is 2. The van der Waals surface area contributed by atoms with Crippen LogP contribution in [0.25, 0.3) is 0 Å². The Labute approximate surface area is 155 Å². The summed E-state index contributed by atoms with van der Waals surface area (Å²) in [4.78, 5) is 24.2. The van der Waals surface area contributed by atoms with Gasteiger partial charge in [0.2, 0.25) is 5.75 Å². The zero-order valence-corrected chi connectivity index (χ0v) is 14.9. The van der Waals surface area contributed by atoms with Crippen molar-refractivity contribution in [2.24, 2.45) is 0 Å². The molecule has 142 valence electrons. The minimum absolute atomic E-state index is 0.202. The molecule has 0 aliphatic carbocycles. The second-order valence-electron chi connectivity index (χ2n) is 5.56. The summed E-state index contributed by atoms with van der Waals surface area (Å²) in [5, 5.41) is 2.63. The van der Waals surface area contributed by atoms with Crippen molar-refractivity contribution in [3.8, 4) is 23.0 Å². The number of rotatable bonds is 6. The zero-order chi connectivity index (χ0) is 19.2. The van der Waals surface area contributed by atoms with Crippen LogP contribution in [-0.4, -0.2) is 45.9 Å². The van der Waals surface area contributed by atoms with E-state index in [0.717, 1.165) is 0 Å². The average molecular weight is 373 g/mol. The molecule has 2 aromatic carbocycles. The van der Waals surface area contributed by atoms with Crippen molar-refractivity contribution in [1.82, 2.24) is 0 Å². The van der Waals surface area contributed by atoms with Gasteiger partial charge in [0.1, 0.15) is 19.0 Å². The van der Waals surface area contributed by atoms with Gasteiger partial charge in [0.25, 0.3) is 5.91 Å². The highest BCUT2D eigenvalue weighted by Gasteiger charge is 2.22. The predicted octanol–water partition coefficient (Wildman–Crippen LogP) is 2.27. The molecule has 0 atom stereocenters. The van der Waals surface area contributed by atoms with E-state index in [1.54, 1.807) is 31.4 Å². The van der Waals surface area contributed by atoms with E-state index in [9.17, 15) is 9.59 Å². The van der Waals surface area contributed by atoms with E-state index < -0.39 is 18.5 Å². The number of esters is 1. The highest BCUT2D eigenvalue weighted by Crippen LogP contribution is 2.40. The number of fused-ring (bicyclic) bond motifs is 1. The summed E-state index contributed by atoms with van der Waals surface area (Å²) in [6.45, 7) is 0.346. The van der Waals surface area contributed by atoms with E-state index >= 15 is 0 Å². The van der Waals surface area contributed by atoms with E-state index in [1.807, 2.05) is 0 Å². The molecule has 0 fully saturated rings. The molecule has 0 spiro atoms. The summed E-state index contributed by atoms with van der Waals surface area (Å²) < 4.78 is 26.3. The Morgan fingerprint density at radius 1 is 1.04 bits per heavy atom. The molecule has 0 unspecified atom stereocenters. The molecule has 1 amide bonds. The van der Waals surface area contributed by atoms with Crippen LogP contribution in [0, 0.1) is 0 Å². The summed E-state index contributed by atoms with van der Waals surface area (Å²) in [6, 6.07) is 9.78. The van der Waals surface area contributed by atoms with Gasteiger partial charge in [0.15, 0.2) is 18.1 Å². The van der Waals surface area contributed by atoms with E-state index in [2.05, 4.69) is 5.32 Å². The number of hydrogen-bond donors (Lipinski definition) is 1. The summed E-state index contributed by atoms with van der Waals surface area (Å²) in [5.41, 5.74) is 0.770. The highest BCUT2D eigenvalue weighted by molar-refractivity contribution is 5.96. The largest absolute Gasteiger partial charge is 0.497 e. The minimum Gasteiger partial charge on any atom is -0.497 e. The van der Waals surface area contributed by atoms with Gasteiger partial charge in [-0.3, -0.25) is 4.79 Å². The Kier molecular flexibility index (Phi) is 5.65. The van der Waals surface area contributed by atoms with Crippen LogP contribution >= 0.6 is 0 Å². The van der Waals surface area contributed by atoms with Crippen molar-refractivity contribution in [2.45, 2.75) is 0 Å². The number of nitrogens with one attached hydrogen (secondary N) is 1. The molecule has 1 aliphatic heterocycles. The third kappa shape index (κ3) is 4.41. The van der Waals surface area contributed by atoms with Gasteiger partial charge in [0, 0.05) is 5.69 Å². The number of amides is 1. The van der Waals surface area contributed by atoms with Gasteiger partial charge < -0.3 is 29.0 Å². The van der Waals surface area contributed by atoms with Crippen molar-refractivity contribution < 1.29 is 33.3 Å². The molecule has 1 N–H and O–H groups in total. The smallest absolute Gasteiger partial charge is 0.338 e. The first-order valence-corrected chi connectivity index (χ1v) is 8.19. The van der Waals surface area contributed by atoms with Crippen molar-refractivity contribution in [1.29, 1.82) is 0 Å². The predicted molar refractivity (Wildman–Crippen MR) is 95.9 cm³/mol. The summed E-state index contributed by atoms with van der Waals surface area (Å²) in [7, 11) is 3.02. The molecular formula is C19H19NO7. The third-order valence-electron chi connectivity index (χ3n) is 3.77. The summed E-state index contributed by atoms with van der Waals surface area (Å²) >= 11 is 0. The molecule has 0 saturated heterocycles. The van der Waals surface area contributed by atoms with Crippen LogP contribution in [0.15, 0.2) is 36.4 Å². The summed E-state index contributed by atoms with van der Waals surface area (Å²) in [5.74, 6) is 0.745. The third-order valence-corrected chi connectivity index (χ3v) is 3.77. The Hall–Kier alpha value is -3.42. The number of anilines is 1. The molecular weight excluding hydrogens is 354 g/mol. The fourth-order valence-electron chi connectivity index (χ4n) is 2.48. The first kappa shape index (κ1) is 18.4. The van der Waals surface area contributed by atoms with E-state index in [-0.39, 0.29) is 5.56 Å². The fourth-order valence-corrected chi connectivity index (χ4v) is 2.48. The minimum atomic E-state index is -0.671. The van der Waals surface area contributed by atoms with Crippen LogP contribution in [-0.2, 0) is 9.53 Å². The van der Waals surface area contributed by atoms with Crippen LogP contribution in [0.1, 0.15) is 10.4 Å². The fraction of sp³-hybridized carbons (Fsp3) is 0.263.